The second-order valence-corrected chi connectivity index (χ2v) is 7.54. The summed E-state index contributed by atoms with van der Waals surface area (Å²) < 4.78 is 0. The van der Waals surface area contributed by atoms with E-state index in [9.17, 15) is 9.59 Å². The van der Waals surface area contributed by atoms with Gasteiger partial charge in [0.05, 0.1) is 11.3 Å². The second-order valence-electron chi connectivity index (χ2n) is 6.51. The van der Waals surface area contributed by atoms with Crippen molar-refractivity contribution in [3.05, 3.63) is 77.5 Å². The lowest BCUT2D eigenvalue weighted by Crippen LogP contribution is -2.30. The highest BCUT2D eigenvalue weighted by Crippen LogP contribution is 2.41. The normalized spacial score (nSPS) is 12.8. The molecule has 0 radical (unpaired) electrons. The summed E-state index contributed by atoms with van der Waals surface area (Å²) in [6.45, 7) is 4.45. The van der Waals surface area contributed by atoms with E-state index < -0.39 is 0 Å². The number of nitrogens with zero attached hydrogens (tertiary/aromatic N) is 2. The number of anilines is 2. The van der Waals surface area contributed by atoms with E-state index in [0.29, 0.717) is 28.4 Å². The number of amides is 2. The van der Waals surface area contributed by atoms with Crippen molar-refractivity contribution in [3.63, 3.8) is 0 Å². The number of pyridine rings is 1. The Morgan fingerprint density at radius 2 is 2.00 bits per heavy atom. The Morgan fingerprint density at radius 3 is 2.79 bits per heavy atom. The molecular formula is C22H19N3O2S. The summed E-state index contributed by atoms with van der Waals surface area (Å²) in [6, 6.07) is 16.6. The summed E-state index contributed by atoms with van der Waals surface area (Å²) in [5, 5.41) is 3.62. The number of benzene rings is 2. The van der Waals surface area contributed by atoms with Gasteiger partial charge in [0, 0.05) is 28.9 Å². The first kappa shape index (κ1) is 18.3. The molecule has 4 rings (SSSR count). The zero-order valence-corrected chi connectivity index (χ0v) is 16.4. The second kappa shape index (κ2) is 7.48. The molecule has 28 heavy (non-hydrogen) atoms. The largest absolute Gasteiger partial charge is 0.322 e. The summed E-state index contributed by atoms with van der Waals surface area (Å²) >= 11 is 1.44. The molecule has 1 aliphatic rings. The molecule has 0 bridgehead atoms. The van der Waals surface area contributed by atoms with Crippen LogP contribution >= 0.6 is 11.8 Å². The number of fused-ring (bicyclic) bond motifs is 2. The third-order valence-electron chi connectivity index (χ3n) is 4.56. The minimum Gasteiger partial charge on any atom is -0.322 e. The number of hydrogen-bond acceptors (Lipinski definition) is 4. The van der Waals surface area contributed by atoms with Gasteiger partial charge in [-0.3, -0.25) is 9.59 Å². The molecule has 1 aromatic heterocycles. The van der Waals surface area contributed by atoms with Crippen LogP contribution in [0.25, 0.3) is 0 Å². The van der Waals surface area contributed by atoms with Crippen molar-refractivity contribution in [2.45, 2.75) is 23.8 Å². The molecule has 0 saturated carbocycles. The van der Waals surface area contributed by atoms with Crippen molar-refractivity contribution in [2.75, 3.05) is 16.8 Å². The lowest BCUT2D eigenvalue weighted by atomic mass is 10.1. The third-order valence-corrected chi connectivity index (χ3v) is 5.62. The predicted octanol–water partition coefficient (Wildman–Crippen LogP) is 4.77. The number of rotatable bonds is 3. The Kier molecular flexibility index (Phi) is 4.88. The Labute approximate surface area is 167 Å². The molecule has 3 aromatic rings. The van der Waals surface area contributed by atoms with Gasteiger partial charge in [-0.2, -0.15) is 0 Å². The minimum absolute atomic E-state index is 0.0617. The predicted molar refractivity (Wildman–Crippen MR) is 111 cm³/mol. The fourth-order valence-electron chi connectivity index (χ4n) is 3.19. The molecular weight excluding hydrogens is 370 g/mol. The van der Waals surface area contributed by atoms with Gasteiger partial charge in [-0.05, 0) is 56.3 Å². The number of hydrogen-bond donors (Lipinski definition) is 1. The van der Waals surface area contributed by atoms with Gasteiger partial charge in [0.15, 0.2) is 0 Å². The van der Waals surface area contributed by atoms with E-state index >= 15 is 0 Å². The Hall–Kier alpha value is -3.12. The number of aryl methyl sites for hydroxylation is 1. The zero-order valence-electron chi connectivity index (χ0n) is 15.6. The molecule has 2 aromatic carbocycles. The third kappa shape index (κ3) is 3.39. The van der Waals surface area contributed by atoms with Gasteiger partial charge >= 0.3 is 0 Å². The maximum Gasteiger partial charge on any atom is 0.261 e. The molecule has 2 amide bonds. The van der Waals surface area contributed by atoms with E-state index in [4.69, 9.17) is 0 Å². The fourth-order valence-corrected chi connectivity index (χ4v) is 4.25. The molecule has 6 heteroatoms. The molecule has 0 aliphatic carbocycles. The SMILES string of the molecule is CCN1C(=O)c2cccnc2Sc2cc(NC(=O)c3cccc(C)c3)ccc21. The summed E-state index contributed by atoms with van der Waals surface area (Å²) in [4.78, 5) is 32.5. The zero-order chi connectivity index (χ0) is 19.7. The number of aromatic nitrogens is 1. The van der Waals surface area contributed by atoms with Crippen molar-refractivity contribution in [3.8, 4) is 0 Å². The van der Waals surface area contributed by atoms with Crippen LogP contribution < -0.4 is 10.2 Å². The van der Waals surface area contributed by atoms with Crippen LogP contribution in [0.3, 0.4) is 0 Å². The summed E-state index contributed by atoms with van der Waals surface area (Å²) in [7, 11) is 0. The van der Waals surface area contributed by atoms with Gasteiger partial charge < -0.3 is 10.2 Å². The van der Waals surface area contributed by atoms with Crippen molar-refractivity contribution < 1.29 is 9.59 Å². The molecule has 0 spiro atoms. The fraction of sp³-hybridized carbons (Fsp3) is 0.136. The lowest BCUT2D eigenvalue weighted by Gasteiger charge is -2.21. The van der Waals surface area contributed by atoms with Gasteiger partial charge in [-0.25, -0.2) is 4.98 Å². The van der Waals surface area contributed by atoms with Crippen LogP contribution in [0.2, 0.25) is 0 Å². The van der Waals surface area contributed by atoms with Crippen molar-refractivity contribution in [2.24, 2.45) is 0 Å². The van der Waals surface area contributed by atoms with Crippen LogP contribution in [-0.2, 0) is 0 Å². The molecule has 0 fully saturated rings. The molecule has 0 saturated heterocycles. The van der Waals surface area contributed by atoms with Crippen molar-refractivity contribution in [1.82, 2.24) is 4.98 Å². The highest BCUT2D eigenvalue weighted by atomic mass is 32.2. The highest BCUT2D eigenvalue weighted by molar-refractivity contribution is 7.99. The van der Waals surface area contributed by atoms with Crippen LogP contribution in [-0.4, -0.2) is 23.3 Å². The quantitative estimate of drug-likeness (QED) is 0.701. The van der Waals surface area contributed by atoms with Crippen molar-refractivity contribution >= 4 is 35.0 Å². The number of nitrogens with one attached hydrogen (secondary N) is 1. The Balaban J connectivity index is 1.69. The van der Waals surface area contributed by atoms with E-state index in [2.05, 4.69) is 10.3 Å². The van der Waals surface area contributed by atoms with Crippen LogP contribution in [0.1, 0.15) is 33.2 Å². The van der Waals surface area contributed by atoms with Crippen LogP contribution in [0.5, 0.6) is 0 Å². The maximum absolute atomic E-state index is 12.9. The topological polar surface area (TPSA) is 62.3 Å². The van der Waals surface area contributed by atoms with E-state index in [1.54, 1.807) is 29.3 Å². The van der Waals surface area contributed by atoms with E-state index in [0.717, 1.165) is 16.1 Å². The maximum atomic E-state index is 12.9. The molecule has 1 N–H and O–H groups in total. The Bertz CT molecular complexity index is 1080. The van der Waals surface area contributed by atoms with Crippen molar-refractivity contribution in [1.29, 1.82) is 0 Å². The number of carbonyl (C=O) groups excluding carboxylic acids is 2. The standard InChI is InChI=1S/C22H19N3O2S/c1-3-25-18-10-9-16(24-20(26)15-7-4-6-14(2)12-15)13-19(18)28-21-17(22(25)27)8-5-11-23-21/h4-13H,3H2,1-2H3,(H,24,26). The van der Waals surface area contributed by atoms with Crippen LogP contribution in [0.4, 0.5) is 11.4 Å². The van der Waals surface area contributed by atoms with Gasteiger partial charge in [0.1, 0.15) is 5.03 Å². The molecule has 5 nitrogen and oxygen atoms in total. The van der Waals surface area contributed by atoms with E-state index in [-0.39, 0.29) is 11.8 Å². The molecule has 2 heterocycles. The first-order chi connectivity index (χ1) is 13.6. The average Bonchev–Trinajstić information content (AvgIpc) is 2.81. The highest BCUT2D eigenvalue weighted by Gasteiger charge is 2.27. The molecule has 1 aliphatic heterocycles. The minimum atomic E-state index is -0.163. The van der Waals surface area contributed by atoms with E-state index in [1.165, 1.54) is 11.8 Å². The van der Waals surface area contributed by atoms with Gasteiger partial charge in [0.25, 0.3) is 11.8 Å². The summed E-state index contributed by atoms with van der Waals surface area (Å²) in [5.74, 6) is -0.224. The average molecular weight is 389 g/mol. The first-order valence-electron chi connectivity index (χ1n) is 9.03. The van der Waals surface area contributed by atoms with Crippen LogP contribution in [0, 0.1) is 6.92 Å². The number of carbonyl (C=O) groups is 2. The lowest BCUT2D eigenvalue weighted by molar-refractivity contribution is 0.0983. The van der Waals surface area contributed by atoms with Gasteiger partial charge in [-0.15, -0.1) is 0 Å². The first-order valence-corrected chi connectivity index (χ1v) is 9.85. The monoisotopic (exact) mass is 389 g/mol. The smallest absolute Gasteiger partial charge is 0.261 e. The summed E-state index contributed by atoms with van der Waals surface area (Å²) in [6.07, 6.45) is 1.68. The molecule has 0 atom stereocenters. The molecule has 140 valence electrons. The molecule has 0 unspecified atom stereocenters. The Morgan fingerprint density at radius 1 is 1.14 bits per heavy atom. The van der Waals surface area contributed by atoms with Gasteiger partial charge in [-0.1, -0.05) is 29.5 Å². The van der Waals surface area contributed by atoms with E-state index in [1.807, 2.05) is 50.2 Å². The van der Waals surface area contributed by atoms with Gasteiger partial charge in [0.2, 0.25) is 0 Å². The van der Waals surface area contributed by atoms with Crippen LogP contribution in [0.15, 0.2) is 70.7 Å². The summed E-state index contributed by atoms with van der Waals surface area (Å²) in [5.41, 5.74) is 3.74.